The van der Waals surface area contributed by atoms with Crippen LogP contribution in [0.2, 0.25) is 0 Å². The summed E-state index contributed by atoms with van der Waals surface area (Å²) in [4.78, 5) is 27.6. The zero-order chi connectivity index (χ0) is 18.4. The van der Waals surface area contributed by atoms with Gasteiger partial charge in [-0.2, -0.15) is 0 Å². The first-order chi connectivity index (χ1) is 11.8. The first-order valence-corrected chi connectivity index (χ1v) is 7.08. The lowest BCUT2D eigenvalue weighted by atomic mass is 10.2. The molecule has 25 heavy (non-hydrogen) atoms. The average molecular weight is 354 g/mol. The molecule has 2 aromatic rings. The molecule has 0 saturated carbocycles. The molecule has 0 radical (unpaired) electrons. The molecule has 1 aromatic carbocycles. The number of benzene rings is 1. The van der Waals surface area contributed by atoms with Gasteiger partial charge in [0, 0.05) is 18.1 Å². The highest BCUT2D eigenvalue weighted by Gasteiger charge is 2.30. The van der Waals surface area contributed by atoms with E-state index >= 15 is 0 Å². The van der Waals surface area contributed by atoms with E-state index in [2.05, 4.69) is 15.0 Å². The van der Waals surface area contributed by atoms with Gasteiger partial charge >= 0.3 is 12.3 Å². The van der Waals surface area contributed by atoms with Gasteiger partial charge in [0.25, 0.3) is 5.91 Å². The molecular formula is C16H13F3N2O4. The number of esters is 1. The van der Waals surface area contributed by atoms with E-state index in [0.717, 1.165) is 12.1 Å². The van der Waals surface area contributed by atoms with Crippen molar-refractivity contribution >= 4 is 17.6 Å². The number of hydrogen-bond acceptors (Lipinski definition) is 5. The van der Waals surface area contributed by atoms with Gasteiger partial charge in [0.2, 0.25) is 0 Å². The van der Waals surface area contributed by atoms with Gasteiger partial charge in [0.05, 0.1) is 17.7 Å². The maximum absolute atomic E-state index is 12.1. The molecule has 0 unspecified atom stereocenters. The summed E-state index contributed by atoms with van der Waals surface area (Å²) in [5, 5.41) is 2.48. The number of carbonyl (C=O) groups is 2. The predicted octanol–water partition coefficient (Wildman–Crippen LogP) is 3.41. The van der Waals surface area contributed by atoms with E-state index < -0.39 is 24.0 Å². The molecule has 1 N–H and O–H groups in total. The van der Waals surface area contributed by atoms with Gasteiger partial charge in [-0.1, -0.05) is 0 Å². The van der Waals surface area contributed by atoms with Crippen LogP contribution < -0.4 is 10.1 Å². The number of nitrogens with one attached hydrogen (secondary N) is 1. The minimum Gasteiger partial charge on any atom is -0.462 e. The van der Waals surface area contributed by atoms with Crippen LogP contribution in [0.1, 0.15) is 27.6 Å². The second-order valence-electron chi connectivity index (χ2n) is 4.71. The van der Waals surface area contributed by atoms with Crippen LogP contribution in [0.3, 0.4) is 0 Å². The summed E-state index contributed by atoms with van der Waals surface area (Å²) in [5.41, 5.74) is 0.464. The van der Waals surface area contributed by atoms with Crippen molar-refractivity contribution in [3.05, 3.63) is 53.9 Å². The Kier molecular flexibility index (Phi) is 5.58. The molecule has 1 aromatic heterocycles. The molecular weight excluding hydrogens is 341 g/mol. The Labute approximate surface area is 140 Å². The van der Waals surface area contributed by atoms with E-state index in [1.54, 1.807) is 6.92 Å². The third-order valence-electron chi connectivity index (χ3n) is 2.86. The fourth-order valence-corrected chi connectivity index (χ4v) is 1.83. The van der Waals surface area contributed by atoms with Crippen LogP contribution in [-0.2, 0) is 4.74 Å². The van der Waals surface area contributed by atoms with Crippen molar-refractivity contribution in [2.24, 2.45) is 0 Å². The van der Waals surface area contributed by atoms with Gasteiger partial charge in [-0.3, -0.25) is 9.78 Å². The number of rotatable bonds is 5. The van der Waals surface area contributed by atoms with Crippen molar-refractivity contribution in [2.75, 3.05) is 11.9 Å². The van der Waals surface area contributed by atoms with Crippen LogP contribution in [0.15, 0.2) is 42.7 Å². The molecule has 0 spiro atoms. The normalized spacial score (nSPS) is 10.9. The van der Waals surface area contributed by atoms with Gasteiger partial charge < -0.3 is 14.8 Å². The minimum atomic E-state index is -4.79. The van der Waals surface area contributed by atoms with Gasteiger partial charge in [0.15, 0.2) is 0 Å². The maximum atomic E-state index is 12.1. The minimum absolute atomic E-state index is 0.0983. The topological polar surface area (TPSA) is 77.5 Å². The smallest absolute Gasteiger partial charge is 0.462 e. The first-order valence-electron chi connectivity index (χ1n) is 7.08. The summed E-state index contributed by atoms with van der Waals surface area (Å²) in [5.74, 6) is -1.60. The molecule has 0 saturated heterocycles. The number of aromatic nitrogens is 1. The van der Waals surface area contributed by atoms with Crippen molar-refractivity contribution in [3.8, 4) is 5.75 Å². The van der Waals surface area contributed by atoms with Crippen molar-refractivity contribution < 1.29 is 32.2 Å². The van der Waals surface area contributed by atoms with Gasteiger partial charge in [-0.05, 0) is 37.3 Å². The lowest BCUT2D eigenvalue weighted by Crippen LogP contribution is -2.17. The van der Waals surface area contributed by atoms with Crippen LogP contribution in [0.4, 0.5) is 18.9 Å². The monoisotopic (exact) mass is 354 g/mol. The number of halogens is 3. The van der Waals surface area contributed by atoms with Gasteiger partial charge in [-0.15, -0.1) is 13.2 Å². The summed E-state index contributed by atoms with van der Waals surface area (Å²) in [6.45, 7) is 1.83. The molecule has 132 valence electrons. The second kappa shape index (κ2) is 7.65. The van der Waals surface area contributed by atoms with Gasteiger partial charge in [-0.25, -0.2) is 4.79 Å². The summed E-state index contributed by atoms with van der Waals surface area (Å²) in [6.07, 6.45) is -2.28. The second-order valence-corrected chi connectivity index (χ2v) is 4.71. The van der Waals surface area contributed by atoms with Crippen molar-refractivity contribution in [1.82, 2.24) is 4.98 Å². The Morgan fingerprint density at radius 3 is 2.36 bits per heavy atom. The number of ether oxygens (including phenoxy) is 2. The van der Waals surface area contributed by atoms with Crippen LogP contribution >= 0.6 is 0 Å². The van der Waals surface area contributed by atoms with Gasteiger partial charge in [0.1, 0.15) is 5.75 Å². The molecule has 6 nitrogen and oxygen atoms in total. The number of pyridine rings is 1. The average Bonchev–Trinajstić information content (AvgIpc) is 2.55. The standard InChI is InChI=1S/C16H13F3N2O4/c1-2-24-15(23)11-7-10(8-20-9-11)14(22)21-12-3-5-13(6-4-12)25-16(17,18)19/h3-9H,2H2,1H3,(H,21,22). The summed E-state index contributed by atoms with van der Waals surface area (Å²) in [7, 11) is 0. The lowest BCUT2D eigenvalue weighted by molar-refractivity contribution is -0.274. The quantitative estimate of drug-likeness (QED) is 0.833. The summed E-state index contributed by atoms with van der Waals surface area (Å²) >= 11 is 0. The molecule has 1 heterocycles. The third-order valence-corrected chi connectivity index (χ3v) is 2.86. The number of anilines is 1. The Balaban J connectivity index is 2.07. The number of alkyl halides is 3. The molecule has 0 fully saturated rings. The molecule has 0 bridgehead atoms. The van der Waals surface area contributed by atoms with Crippen molar-refractivity contribution in [3.63, 3.8) is 0 Å². The first kappa shape index (κ1) is 18.2. The van der Waals surface area contributed by atoms with Crippen LogP contribution in [-0.4, -0.2) is 29.8 Å². The molecule has 9 heteroatoms. The third kappa shape index (κ3) is 5.48. The van der Waals surface area contributed by atoms with Crippen LogP contribution in [0, 0.1) is 0 Å². The predicted molar refractivity (Wildman–Crippen MR) is 81.3 cm³/mol. The van der Waals surface area contributed by atoms with E-state index in [0.29, 0.717) is 0 Å². The molecule has 0 aliphatic carbocycles. The number of hydrogen-bond donors (Lipinski definition) is 1. The Morgan fingerprint density at radius 1 is 1.12 bits per heavy atom. The number of carbonyl (C=O) groups excluding carboxylic acids is 2. The zero-order valence-electron chi connectivity index (χ0n) is 13.0. The van der Waals surface area contributed by atoms with E-state index in [1.165, 1.54) is 30.6 Å². The van der Waals surface area contributed by atoms with E-state index in [-0.39, 0.29) is 23.4 Å². The summed E-state index contributed by atoms with van der Waals surface area (Å²) < 4.78 is 44.8. The number of nitrogens with zero attached hydrogens (tertiary/aromatic N) is 1. The molecule has 0 aliphatic heterocycles. The number of amides is 1. The highest BCUT2D eigenvalue weighted by atomic mass is 19.4. The molecule has 1 amide bonds. The fourth-order valence-electron chi connectivity index (χ4n) is 1.83. The highest BCUT2D eigenvalue weighted by Crippen LogP contribution is 2.24. The Hall–Kier alpha value is -3.10. The molecule has 0 aliphatic rings. The molecule has 0 atom stereocenters. The Morgan fingerprint density at radius 2 is 1.76 bits per heavy atom. The van der Waals surface area contributed by atoms with E-state index in [9.17, 15) is 22.8 Å². The van der Waals surface area contributed by atoms with Crippen molar-refractivity contribution in [1.29, 1.82) is 0 Å². The zero-order valence-corrected chi connectivity index (χ0v) is 13.0. The van der Waals surface area contributed by atoms with Crippen LogP contribution in [0.5, 0.6) is 5.75 Å². The highest BCUT2D eigenvalue weighted by molar-refractivity contribution is 6.05. The lowest BCUT2D eigenvalue weighted by Gasteiger charge is -2.10. The molecule has 2 rings (SSSR count). The van der Waals surface area contributed by atoms with Crippen LogP contribution in [0.25, 0.3) is 0 Å². The largest absolute Gasteiger partial charge is 0.573 e. The maximum Gasteiger partial charge on any atom is 0.573 e. The van der Waals surface area contributed by atoms with E-state index in [4.69, 9.17) is 4.74 Å². The fraction of sp³-hybridized carbons (Fsp3) is 0.188. The summed E-state index contributed by atoms with van der Waals surface area (Å²) in [6, 6.07) is 5.94. The SMILES string of the molecule is CCOC(=O)c1cncc(C(=O)Nc2ccc(OC(F)(F)F)cc2)c1. The van der Waals surface area contributed by atoms with Crippen molar-refractivity contribution in [2.45, 2.75) is 13.3 Å². The Bertz CT molecular complexity index is 761. The van der Waals surface area contributed by atoms with E-state index in [1.807, 2.05) is 0 Å².